The van der Waals surface area contributed by atoms with E-state index in [9.17, 15) is 9.90 Å². The van der Waals surface area contributed by atoms with Gasteiger partial charge in [0.15, 0.2) is 0 Å². The number of esters is 1. The summed E-state index contributed by atoms with van der Waals surface area (Å²) >= 11 is 0. The smallest absolute Gasteiger partial charge is 0.335 e. The number of anilines is 1. The molecule has 3 aliphatic heterocycles. The third-order valence-electron chi connectivity index (χ3n) is 7.33. The van der Waals surface area contributed by atoms with Gasteiger partial charge in [0.1, 0.15) is 5.75 Å². The SMILES string of the molecule is COC(=O)C1=C2Nc3c(OC)cccc3C23CCN2C[C@@H]([C@H](C)O)[C@@H]1C[C@H]23. The second-order valence-corrected chi connectivity index (χ2v) is 8.27. The average molecular weight is 370 g/mol. The predicted octanol–water partition coefficient (Wildman–Crippen LogP) is 1.89. The van der Waals surface area contributed by atoms with Crippen LogP contribution in [0.25, 0.3) is 0 Å². The van der Waals surface area contributed by atoms with Gasteiger partial charge in [-0.05, 0) is 37.9 Å². The van der Waals surface area contributed by atoms with Gasteiger partial charge in [-0.25, -0.2) is 4.79 Å². The monoisotopic (exact) mass is 370 g/mol. The number of benzene rings is 1. The van der Waals surface area contributed by atoms with E-state index in [0.717, 1.165) is 48.6 Å². The summed E-state index contributed by atoms with van der Waals surface area (Å²) in [4.78, 5) is 15.4. The number of hydrogen-bond acceptors (Lipinski definition) is 6. The van der Waals surface area contributed by atoms with Gasteiger partial charge in [0.05, 0.1) is 37.0 Å². The zero-order chi connectivity index (χ0) is 18.9. The lowest BCUT2D eigenvalue weighted by atomic mass is 9.60. The maximum atomic E-state index is 12.9. The van der Waals surface area contributed by atoms with E-state index >= 15 is 0 Å². The Labute approximate surface area is 159 Å². The molecular weight excluding hydrogens is 344 g/mol. The van der Waals surface area contributed by atoms with Crippen molar-refractivity contribution in [1.29, 1.82) is 0 Å². The molecule has 144 valence electrons. The van der Waals surface area contributed by atoms with E-state index in [1.165, 1.54) is 12.7 Å². The van der Waals surface area contributed by atoms with Crippen molar-refractivity contribution >= 4 is 11.7 Å². The molecule has 6 nitrogen and oxygen atoms in total. The Hall–Kier alpha value is -2.05. The number of carbonyl (C=O) groups excluding carboxylic acids is 1. The summed E-state index contributed by atoms with van der Waals surface area (Å²) in [5, 5.41) is 14.0. The van der Waals surface area contributed by atoms with Crippen molar-refractivity contribution in [3.63, 3.8) is 0 Å². The van der Waals surface area contributed by atoms with Crippen molar-refractivity contribution in [2.24, 2.45) is 11.8 Å². The Balaban J connectivity index is 1.78. The van der Waals surface area contributed by atoms with Crippen LogP contribution in [0.1, 0.15) is 25.3 Å². The Bertz CT molecular complexity index is 849. The maximum absolute atomic E-state index is 12.9. The van der Waals surface area contributed by atoms with Crippen LogP contribution in [0.3, 0.4) is 0 Å². The first-order chi connectivity index (χ1) is 13.0. The van der Waals surface area contributed by atoms with Gasteiger partial charge in [0, 0.05) is 30.1 Å². The Kier molecular flexibility index (Phi) is 3.62. The molecule has 2 fully saturated rings. The molecule has 0 radical (unpaired) electrons. The molecule has 5 rings (SSSR count). The largest absolute Gasteiger partial charge is 0.495 e. The second-order valence-electron chi connectivity index (χ2n) is 8.27. The molecule has 1 aromatic carbocycles. The number of methoxy groups -OCH3 is 2. The molecule has 0 amide bonds. The zero-order valence-corrected chi connectivity index (χ0v) is 16.0. The molecule has 1 aliphatic carbocycles. The molecule has 1 spiro atoms. The van der Waals surface area contributed by atoms with E-state index in [0.29, 0.717) is 6.04 Å². The summed E-state index contributed by atoms with van der Waals surface area (Å²) in [5.74, 6) is 0.560. The molecule has 4 aliphatic rings. The van der Waals surface area contributed by atoms with Gasteiger partial charge in [0.25, 0.3) is 0 Å². The van der Waals surface area contributed by atoms with E-state index in [-0.39, 0.29) is 23.2 Å². The normalized spacial score (nSPS) is 34.6. The summed E-state index contributed by atoms with van der Waals surface area (Å²) < 4.78 is 10.8. The Morgan fingerprint density at radius 3 is 2.93 bits per heavy atom. The van der Waals surface area contributed by atoms with Gasteiger partial charge in [-0.1, -0.05) is 12.1 Å². The quantitative estimate of drug-likeness (QED) is 0.792. The van der Waals surface area contributed by atoms with Gasteiger partial charge >= 0.3 is 5.97 Å². The Morgan fingerprint density at radius 1 is 1.41 bits per heavy atom. The lowest BCUT2D eigenvalue weighted by Crippen LogP contribution is -2.57. The van der Waals surface area contributed by atoms with Crippen molar-refractivity contribution in [1.82, 2.24) is 4.90 Å². The zero-order valence-electron chi connectivity index (χ0n) is 16.0. The van der Waals surface area contributed by atoms with Gasteiger partial charge in [0.2, 0.25) is 0 Å². The third kappa shape index (κ3) is 2.00. The van der Waals surface area contributed by atoms with E-state index in [1.54, 1.807) is 7.11 Å². The molecule has 1 aromatic rings. The number of nitrogens with one attached hydrogen (secondary N) is 1. The summed E-state index contributed by atoms with van der Waals surface area (Å²) in [6.07, 6.45) is 1.37. The fraction of sp³-hybridized carbons (Fsp3) is 0.571. The minimum atomic E-state index is -0.470. The van der Waals surface area contributed by atoms with Crippen LogP contribution in [0.5, 0.6) is 5.75 Å². The van der Waals surface area contributed by atoms with Crippen molar-refractivity contribution in [2.75, 3.05) is 32.6 Å². The predicted molar refractivity (Wildman–Crippen MR) is 101 cm³/mol. The van der Waals surface area contributed by atoms with Crippen LogP contribution in [-0.4, -0.2) is 55.4 Å². The summed E-state index contributed by atoms with van der Waals surface area (Å²) in [5.41, 5.74) is 3.68. The molecule has 6 heteroatoms. The fourth-order valence-corrected chi connectivity index (χ4v) is 6.19. The molecule has 2 saturated heterocycles. The maximum Gasteiger partial charge on any atom is 0.335 e. The molecule has 0 saturated carbocycles. The highest BCUT2D eigenvalue weighted by atomic mass is 16.5. The van der Waals surface area contributed by atoms with Crippen LogP contribution in [0.15, 0.2) is 29.5 Å². The first kappa shape index (κ1) is 17.1. The molecule has 3 heterocycles. The molecule has 0 aromatic heterocycles. The van der Waals surface area contributed by atoms with Crippen molar-refractivity contribution in [3.8, 4) is 5.75 Å². The summed E-state index contributed by atoms with van der Waals surface area (Å²) in [7, 11) is 3.12. The minimum absolute atomic E-state index is 0.00716. The fourth-order valence-electron chi connectivity index (χ4n) is 6.19. The van der Waals surface area contributed by atoms with Crippen molar-refractivity contribution < 1.29 is 19.4 Å². The van der Waals surface area contributed by atoms with E-state index in [4.69, 9.17) is 9.47 Å². The number of ether oxygens (including phenoxy) is 2. The summed E-state index contributed by atoms with van der Waals surface area (Å²) in [6, 6.07) is 6.49. The van der Waals surface area contributed by atoms with Crippen LogP contribution < -0.4 is 10.1 Å². The number of nitrogens with zero attached hydrogens (tertiary/aromatic N) is 1. The van der Waals surface area contributed by atoms with Gasteiger partial charge in [-0.3, -0.25) is 4.90 Å². The lowest BCUT2D eigenvalue weighted by Gasteiger charge is -2.51. The van der Waals surface area contributed by atoms with E-state index in [2.05, 4.69) is 16.3 Å². The molecule has 2 bridgehead atoms. The molecule has 27 heavy (non-hydrogen) atoms. The van der Waals surface area contributed by atoms with Crippen LogP contribution in [0.2, 0.25) is 0 Å². The van der Waals surface area contributed by atoms with Crippen LogP contribution in [-0.2, 0) is 14.9 Å². The minimum Gasteiger partial charge on any atom is -0.495 e. The number of aliphatic hydroxyl groups excluding tert-OH is 1. The topological polar surface area (TPSA) is 71.0 Å². The van der Waals surface area contributed by atoms with Crippen molar-refractivity contribution in [3.05, 3.63) is 35.0 Å². The number of aliphatic hydroxyl groups is 1. The molecule has 1 unspecified atom stereocenters. The second kappa shape index (κ2) is 5.72. The van der Waals surface area contributed by atoms with Gasteiger partial charge < -0.3 is 19.9 Å². The number of para-hydroxylation sites is 1. The lowest BCUT2D eigenvalue weighted by molar-refractivity contribution is -0.138. The first-order valence-electron chi connectivity index (χ1n) is 9.72. The number of rotatable bonds is 3. The van der Waals surface area contributed by atoms with E-state index in [1.807, 2.05) is 19.1 Å². The average Bonchev–Trinajstić information content (AvgIpc) is 3.23. The van der Waals surface area contributed by atoms with Crippen molar-refractivity contribution in [2.45, 2.75) is 37.3 Å². The highest BCUT2D eigenvalue weighted by Gasteiger charge is 2.63. The van der Waals surface area contributed by atoms with Crippen LogP contribution >= 0.6 is 0 Å². The molecule has 2 N–H and O–H groups in total. The summed E-state index contributed by atoms with van der Waals surface area (Å²) in [6.45, 7) is 3.63. The number of piperidine rings is 1. The highest BCUT2D eigenvalue weighted by molar-refractivity contribution is 5.94. The third-order valence-corrected chi connectivity index (χ3v) is 7.33. The standard InChI is InChI=1S/C21H26N2O4/c1-11(24)13-10-23-8-7-21-14-5-4-6-15(26-2)18(14)22-19(21)17(20(25)27-3)12(13)9-16(21)23/h4-6,11-13,16,22,24H,7-10H2,1-3H3/t11-,12-,13-,16-,21?/m0/s1. The number of carbonyl (C=O) groups is 1. The number of hydrogen-bond donors (Lipinski definition) is 2. The molecular formula is C21H26N2O4. The first-order valence-corrected chi connectivity index (χ1v) is 9.72. The highest BCUT2D eigenvalue weighted by Crippen LogP contribution is 2.62. The number of fused-ring (bicyclic) bond motifs is 2. The molecule has 5 atom stereocenters. The van der Waals surface area contributed by atoms with E-state index < -0.39 is 6.10 Å². The Morgan fingerprint density at radius 2 is 2.22 bits per heavy atom. The van der Waals surface area contributed by atoms with Gasteiger partial charge in [-0.15, -0.1) is 0 Å². The van der Waals surface area contributed by atoms with Crippen LogP contribution in [0, 0.1) is 11.8 Å². The van der Waals surface area contributed by atoms with Crippen LogP contribution in [0.4, 0.5) is 5.69 Å². The van der Waals surface area contributed by atoms with Gasteiger partial charge in [-0.2, -0.15) is 0 Å².